The minimum absolute atomic E-state index is 1.10. The first-order valence-corrected chi connectivity index (χ1v) is 17.3. The normalized spacial score (nSPS) is 11.6. The molecule has 0 saturated carbocycles. The predicted octanol–water partition coefficient (Wildman–Crippen LogP) is 13.1. The van der Waals surface area contributed by atoms with Gasteiger partial charge >= 0.3 is 0 Å². The number of allylic oxidation sites excluding steroid dienone is 4. The maximum atomic E-state index is 2.61. The van der Waals surface area contributed by atoms with Gasteiger partial charge < -0.3 is 9.80 Å². The van der Waals surface area contributed by atoms with Gasteiger partial charge in [-0.05, 0) is 95.1 Å². The zero-order valence-corrected chi connectivity index (χ0v) is 29.0. The summed E-state index contributed by atoms with van der Waals surface area (Å²) >= 11 is 0. The lowest BCUT2D eigenvalue weighted by Crippen LogP contribution is -2.10. The molecule has 0 saturated heterocycles. The molecule has 0 aromatic heterocycles. The van der Waals surface area contributed by atoms with Gasteiger partial charge in [-0.15, -0.1) is 18.5 Å². The fourth-order valence-electron chi connectivity index (χ4n) is 5.65. The lowest BCUT2D eigenvalue weighted by molar-refractivity contribution is 1.28. The summed E-state index contributed by atoms with van der Waals surface area (Å²) in [4.78, 5) is 4.60. The first-order valence-electron chi connectivity index (χ1n) is 15.9. The van der Waals surface area contributed by atoms with E-state index in [1.165, 1.54) is 11.1 Å². The summed E-state index contributed by atoms with van der Waals surface area (Å²) < 4.78 is 0. The fourth-order valence-corrected chi connectivity index (χ4v) is 5.91. The fraction of sp³-hybridized carbons (Fsp3) is 0. The highest BCUT2D eigenvalue weighted by Gasteiger charge is 2.15. The van der Waals surface area contributed by atoms with Gasteiger partial charge in [0.05, 0.1) is 0 Å². The Morgan fingerprint density at radius 3 is 1.06 bits per heavy atom. The highest BCUT2D eigenvalue weighted by atomic mass is 31.0. The minimum atomic E-state index is 1.10. The van der Waals surface area contributed by atoms with Crippen molar-refractivity contribution in [1.29, 1.82) is 0 Å². The van der Waals surface area contributed by atoms with Crippen molar-refractivity contribution in [2.45, 2.75) is 0 Å². The van der Waals surface area contributed by atoms with Gasteiger partial charge in [-0.25, -0.2) is 0 Å². The number of anilines is 6. The monoisotopic (exact) mass is 656 g/mol. The third-order valence-electron chi connectivity index (χ3n) is 7.89. The van der Waals surface area contributed by atoms with Crippen molar-refractivity contribution in [1.82, 2.24) is 0 Å². The Morgan fingerprint density at radius 1 is 0.333 bits per heavy atom. The second kappa shape index (κ2) is 16.5. The van der Waals surface area contributed by atoms with E-state index in [0.717, 1.165) is 45.3 Å². The molecule has 234 valence electrons. The molecule has 0 aliphatic carbocycles. The van der Waals surface area contributed by atoms with Gasteiger partial charge in [0.15, 0.2) is 0 Å². The van der Waals surface area contributed by atoms with E-state index in [1.807, 2.05) is 23.8 Å². The van der Waals surface area contributed by atoms with Crippen LogP contribution < -0.4 is 9.80 Å². The molecule has 2 unspecified atom stereocenters. The first-order chi connectivity index (χ1) is 23.7. The van der Waals surface area contributed by atoms with E-state index in [0.29, 0.717) is 0 Å². The van der Waals surface area contributed by atoms with Gasteiger partial charge in [-0.2, -0.15) is 0 Å². The smallest absolute Gasteiger partial charge is 0.0467 e. The van der Waals surface area contributed by atoms with Crippen molar-refractivity contribution in [3.8, 4) is 11.1 Å². The van der Waals surface area contributed by atoms with Crippen LogP contribution in [0.3, 0.4) is 0 Å². The molecule has 0 bridgehead atoms. The number of para-hydroxylation sites is 2. The Morgan fingerprint density at radius 2 is 0.688 bits per heavy atom. The second-order valence-corrected chi connectivity index (χ2v) is 11.9. The van der Waals surface area contributed by atoms with Crippen LogP contribution >= 0.6 is 18.5 Å². The van der Waals surface area contributed by atoms with Gasteiger partial charge in [0.1, 0.15) is 0 Å². The second-order valence-electron chi connectivity index (χ2n) is 11.1. The molecule has 0 spiro atoms. The van der Waals surface area contributed by atoms with Crippen LogP contribution in [-0.2, 0) is 0 Å². The quantitative estimate of drug-likeness (QED) is 0.101. The molecule has 0 fully saturated rings. The van der Waals surface area contributed by atoms with E-state index in [1.54, 1.807) is 0 Å². The SMILES string of the molecule is P/C=C/C=C/c1cccc(N(c2ccccc2)c2ccc(-c3ccc(N(c4ccccc4)c4cccc(/C=C/C=C/P)c4)cc3)cc2)c1. The molecule has 6 rings (SSSR count). The molecule has 48 heavy (non-hydrogen) atoms. The molecule has 6 aromatic carbocycles. The molecule has 0 N–H and O–H groups in total. The Hall–Kier alpha value is -5.26. The van der Waals surface area contributed by atoms with E-state index in [4.69, 9.17) is 0 Å². The zero-order valence-electron chi connectivity index (χ0n) is 26.7. The molecule has 4 heteroatoms. The van der Waals surface area contributed by atoms with E-state index in [9.17, 15) is 0 Å². The molecular formula is C44H38N2P2. The van der Waals surface area contributed by atoms with E-state index in [-0.39, 0.29) is 0 Å². The number of hydrogen-bond acceptors (Lipinski definition) is 2. The average molecular weight is 657 g/mol. The third kappa shape index (κ3) is 8.17. The van der Waals surface area contributed by atoms with Crippen molar-refractivity contribution in [2.75, 3.05) is 9.80 Å². The molecule has 2 nitrogen and oxygen atoms in total. The number of nitrogens with zero attached hydrogens (tertiary/aromatic N) is 2. The Bertz CT molecular complexity index is 1880. The predicted molar refractivity (Wildman–Crippen MR) is 217 cm³/mol. The molecule has 0 aliphatic rings. The van der Waals surface area contributed by atoms with Crippen molar-refractivity contribution in [3.63, 3.8) is 0 Å². The summed E-state index contributed by atoms with van der Waals surface area (Å²) in [5.74, 6) is 3.91. The summed E-state index contributed by atoms with van der Waals surface area (Å²) in [6, 6.07) is 56.0. The Labute approximate surface area is 289 Å². The maximum Gasteiger partial charge on any atom is 0.0467 e. The Kier molecular flexibility index (Phi) is 11.3. The Balaban J connectivity index is 1.30. The standard InChI is InChI=1S/C44H38N2P2/c47-31-9-7-13-35-15-11-21-43(33-35)45(39-17-3-1-4-18-39)41-27-23-37(24-28-41)38-25-29-42(30-26-38)46(40-19-5-2-6-20-40)44-22-12-16-36(34-44)14-8-10-32-48/h1-34H,47-48H2/b13-7+,14-8+,31-9+,32-10+. The van der Waals surface area contributed by atoms with Crippen molar-refractivity contribution >= 4 is 64.8 Å². The van der Waals surface area contributed by atoms with Gasteiger partial charge in [-0.3, -0.25) is 0 Å². The summed E-state index contributed by atoms with van der Waals surface area (Å²) in [5.41, 5.74) is 11.3. The molecule has 0 heterocycles. The van der Waals surface area contributed by atoms with Crippen molar-refractivity contribution in [3.05, 3.63) is 205 Å². The summed E-state index contributed by atoms with van der Waals surface area (Å²) in [7, 11) is 5.22. The topological polar surface area (TPSA) is 6.48 Å². The van der Waals surface area contributed by atoms with Gasteiger partial charge in [0.2, 0.25) is 0 Å². The lowest BCUT2D eigenvalue weighted by Gasteiger charge is -2.26. The van der Waals surface area contributed by atoms with Gasteiger partial charge in [0, 0.05) is 34.1 Å². The minimum Gasteiger partial charge on any atom is -0.310 e. The van der Waals surface area contributed by atoms with E-state index < -0.39 is 0 Å². The summed E-state index contributed by atoms with van der Waals surface area (Å²) in [5, 5.41) is 0. The van der Waals surface area contributed by atoms with Crippen LogP contribution in [0.2, 0.25) is 0 Å². The van der Waals surface area contributed by atoms with Crippen LogP contribution in [0.1, 0.15) is 11.1 Å². The van der Waals surface area contributed by atoms with E-state index >= 15 is 0 Å². The average Bonchev–Trinajstić information content (AvgIpc) is 3.14. The summed E-state index contributed by atoms with van der Waals surface area (Å²) in [6.07, 6.45) is 12.4. The van der Waals surface area contributed by atoms with Crippen LogP contribution in [0.5, 0.6) is 0 Å². The molecule has 0 amide bonds. The van der Waals surface area contributed by atoms with Crippen LogP contribution in [0, 0.1) is 0 Å². The van der Waals surface area contributed by atoms with Gasteiger partial charge in [0.25, 0.3) is 0 Å². The highest BCUT2D eigenvalue weighted by Crippen LogP contribution is 2.38. The number of rotatable bonds is 11. The lowest BCUT2D eigenvalue weighted by atomic mass is 10.0. The van der Waals surface area contributed by atoms with Gasteiger partial charge in [-0.1, -0.05) is 133 Å². The largest absolute Gasteiger partial charge is 0.310 e. The molecule has 2 atom stereocenters. The van der Waals surface area contributed by atoms with Crippen LogP contribution in [0.15, 0.2) is 194 Å². The number of hydrogen-bond donors (Lipinski definition) is 0. The van der Waals surface area contributed by atoms with Crippen LogP contribution in [0.4, 0.5) is 34.1 Å². The van der Waals surface area contributed by atoms with Crippen LogP contribution in [0.25, 0.3) is 23.3 Å². The van der Waals surface area contributed by atoms with Crippen molar-refractivity contribution in [2.24, 2.45) is 0 Å². The summed E-state index contributed by atoms with van der Waals surface area (Å²) in [6.45, 7) is 0. The molecule has 0 aliphatic heterocycles. The maximum absolute atomic E-state index is 2.61. The molecule has 6 aromatic rings. The molecule has 0 radical (unpaired) electrons. The zero-order chi connectivity index (χ0) is 33.0. The van der Waals surface area contributed by atoms with Crippen molar-refractivity contribution < 1.29 is 0 Å². The molecular weight excluding hydrogens is 618 g/mol. The number of benzene rings is 6. The first kappa shape index (κ1) is 32.7. The van der Waals surface area contributed by atoms with Crippen LogP contribution in [-0.4, -0.2) is 0 Å². The highest BCUT2D eigenvalue weighted by molar-refractivity contribution is 7.20. The van der Waals surface area contributed by atoms with E-state index in [2.05, 4.69) is 210 Å². The third-order valence-corrected chi connectivity index (χ3v) is 8.34.